The third-order valence-corrected chi connectivity index (χ3v) is 5.46. The zero-order valence-corrected chi connectivity index (χ0v) is 18.1. The van der Waals surface area contributed by atoms with Crippen molar-refractivity contribution >= 4 is 23.2 Å². The molecule has 2 N–H and O–H groups in total. The zero-order valence-electron chi connectivity index (χ0n) is 18.1. The smallest absolute Gasteiger partial charge is 0.254 e. The van der Waals surface area contributed by atoms with Crippen LogP contribution in [0.15, 0.2) is 48.7 Å². The fraction of sp³-hybridized carbons (Fsp3) is 0.292. The summed E-state index contributed by atoms with van der Waals surface area (Å²) >= 11 is 0. The summed E-state index contributed by atoms with van der Waals surface area (Å²) < 4.78 is 5.28. The number of fused-ring (bicyclic) bond motifs is 1. The summed E-state index contributed by atoms with van der Waals surface area (Å²) in [5.74, 6) is 1.21. The average molecular weight is 418 g/mol. The molecule has 160 valence electrons. The van der Waals surface area contributed by atoms with Gasteiger partial charge in [-0.2, -0.15) is 0 Å². The van der Waals surface area contributed by atoms with Crippen LogP contribution in [0.1, 0.15) is 35.7 Å². The highest BCUT2D eigenvalue weighted by Gasteiger charge is 2.27. The highest BCUT2D eigenvalue weighted by Crippen LogP contribution is 2.35. The van der Waals surface area contributed by atoms with Gasteiger partial charge in [-0.15, -0.1) is 0 Å². The van der Waals surface area contributed by atoms with E-state index in [9.17, 15) is 4.79 Å². The fourth-order valence-electron chi connectivity index (χ4n) is 3.80. The number of carbonyl (C=O) groups excluding carboxylic acids is 1. The molecular formula is C24H27N5O2. The summed E-state index contributed by atoms with van der Waals surface area (Å²) in [6.45, 7) is 3.58. The van der Waals surface area contributed by atoms with E-state index in [0.717, 1.165) is 58.9 Å². The van der Waals surface area contributed by atoms with Gasteiger partial charge in [0, 0.05) is 49.3 Å². The van der Waals surface area contributed by atoms with Crippen LogP contribution in [-0.4, -0.2) is 36.6 Å². The number of hydrogen-bond acceptors (Lipinski definition) is 6. The van der Waals surface area contributed by atoms with Crippen molar-refractivity contribution in [2.45, 2.75) is 26.3 Å². The summed E-state index contributed by atoms with van der Waals surface area (Å²) in [5.41, 5.74) is 5.25. The number of ether oxygens (including phenoxy) is 1. The molecule has 1 amide bonds. The molecule has 31 heavy (non-hydrogen) atoms. The lowest BCUT2D eigenvalue weighted by molar-refractivity contribution is 0.0966. The van der Waals surface area contributed by atoms with Crippen molar-refractivity contribution in [2.24, 2.45) is 0 Å². The number of nitrogens with one attached hydrogen (secondary N) is 2. The normalized spacial score (nSPS) is 12.3. The first-order valence-corrected chi connectivity index (χ1v) is 10.5. The van der Waals surface area contributed by atoms with E-state index in [-0.39, 0.29) is 5.91 Å². The Morgan fingerprint density at radius 2 is 2.10 bits per heavy atom. The molecule has 4 rings (SSSR count). The van der Waals surface area contributed by atoms with Crippen LogP contribution in [0.4, 0.5) is 17.3 Å². The molecule has 0 fully saturated rings. The molecule has 2 heterocycles. The molecule has 1 aromatic heterocycles. The van der Waals surface area contributed by atoms with E-state index in [0.29, 0.717) is 12.5 Å². The van der Waals surface area contributed by atoms with Gasteiger partial charge in [0.1, 0.15) is 5.75 Å². The van der Waals surface area contributed by atoms with E-state index in [1.807, 2.05) is 43.4 Å². The maximum Gasteiger partial charge on any atom is 0.254 e. The highest BCUT2D eigenvalue weighted by molar-refractivity contribution is 6.05. The van der Waals surface area contributed by atoms with Crippen molar-refractivity contribution in [2.75, 3.05) is 30.9 Å². The minimum absolute atomic E-state index is 0.0287. The third kappa shape index (κ3) is 4.30. The van der Waals surface area contributed by atoms with Gasteiger partial charge in [0.25, 0.3) is 5.91 Å². The first-order chi connectivity index (χ1) is 15.1. The van der Waals surface area contributed by atoms with Crippen molar-refractivity contribution in [3.8, 4) is 17.0 Å². The standard InChI is InChI=1S/C24H27N5O2/c1-4-5-13-29(2)21-10-9-18(19-15-26-23(30)22(19)21)20-11-12-25-24(28-20)27-16-7-6-8-17(14-16)31-3/h6-12,14H,4-5,13,15H2,1-3H3,(H,26,30)(H,25,27,28). The quantitative estimate of drug-likeness (QED) is 0.566. The monoisotopic (exact) mass is 417 g/mol. The van der Waals surface area contributed by atoms with E-state index in [2.05, 4.69) is 33.5 Å². The molecule has 0 saturated carbocycles. The lowest BCUT2D eigenvalue weighted by Gasteiger charge is -2.22. The highest BCUT2D eigenvalue weighted by atomic mass is 16.5. The van der Waals surface area contributed by atoms with Gasteiger partial charge >= 0.3 is 0 Å². The van der Waals surface area contributed by atoms with Crippen molar-refractivity contribution in [3.63, 3.8) is 0 Å². The van der Waals surface area contributed by atoms with Crippen LogP contribution in [0.2, 0.25) is 0 Å². The summed E-state index contributed by atoms with van der Waals surface area (Å²) in [4.78, 5) is 23.8. The molecule has 3 aromatic rings. The molecule has 1 aliphatic rings. The Morgan fingerprint density at radius 3 is 2.90 bits per heavy atom. The number of nitrogens with zero attached hydrogens (tertiary/aromatic N) is 3. The SMILES string of the molecule is CCCCN(C)c1ccc(-c2ccnc(Nc3cccc(OC)c3)n2)c2c1C(=O)NC2. The minimum Gasteiger partial charge on any atom is -0.497 e. The van der Waals surface area contributed by atoms with Gasteiger partial charge in [-0.1, -0.05) is 25.5 Å². The number of unbranched alkanes of at least 4 members (excludes halogenated alkanes) is 1. The molecule has 0 aliphatic carbocycles. The molecule has 0 atom stereocenters. The van der Waals surface area contributed by atoms with Crippen LogP contribution in [0.3, 0.4) is 0 Å². The topological polar surface area (TPSA) is 79.4 Å². The molecule has 0 unspecified atom stereocenters. The largest absolute Gasteiger partial charge is 0.497 e. The molecular weight excluding hydrogens is 390 g/mol. The Balaban J connectivity index is 1.67. The number of amides is 1. The second-order valence-electron chi connectivity index (χ2n) is 7.57. The van der Waals surface area contributed by atoms with Crippen molar-refractivity contribution in [3.05, 3.63) is 59.8 Å². The number of carbonyl (C=O) groups is 1. The van der Waals surface area contributed by atoms with E-state index >= 15 is 0 Å². The zero-order chi connectivity index (χ0) is 21.8. The van der Waals surface area contributed by atoms with Gasteiger partial charge in [0.05, 0.1) is 18.4 Å². The predicted octanol–water partition coefficient (Wildman–Crippen LogP) is 4.38. The number of aromatic nitrogens is 2. The van der Waals surface area contributed by atoms with Gasteiger partial charge in [-0.25, -0.2) is 9.97 Å². The van der Waals surface area contributed by atoms with E-state index in [1.165, 1.54) is 0 Å². The molecule has 1 aliphatic heterocycles. The Labute approximate surface area is 182 Å². The van der Waals surface area contributed by atoms with Crippen molar-refractivity contribution < 1.29 is 9.53 Å². The Bertz CT molecular complexity index is 1100. The Morgan fingerprint density at radius 1 is 1.23 bits per heavy atom. The van der Waals surface area contributed by atoms with Crippen LogP contribution >= 0.6 is 0 Å². The molecule has 7 nitrogen and oxygen atoms in total. The Hall–Kier alpha value is -3.61. The number of rotatable bonds is 8. The first-order valence-electron chi connectivity index (χ1n) is 10.5. The van der Waals surface area contributed by atoms with Gasteiger partial charge in [-0.3, -0.25) is 4.79 Å². The van der Waals surface area contributed by atoms with E-state index < -0.39 is 0 Å². The van der Waals surface area contributed by atoms with E-state index in [4.69, 9.17) is 9.72 Å². The third-order valence-electron chi connectivity index (χ3n) is 5.46. The van der Waals surface area contributed by atoms with Gasteiger partial charge in [-0.05, 0) is 36.2 Å². The second kappa shape index (κ2) is 9.04. The second-order valence-corrected chi connectivity index (χ2v) is 7.57. The molecule has 0 saturated heterocycles. The van der Waals surface area contributed by atoms with E-state index in [1.54, 1.807) is 13.3 Å². The fourth-order valence-corrected chi connectivity index (χ4v) is 3.80. The van der Waals surface area contributed by atoms with Crippen LogP contribution < -0.4 is 20.3 Å². The van der Waals surface area contributed by atoms with Crippen LogP contribution in [0.5, 0.6) is 5.75 Å². The van der Waals surface area contributed by atoms with Gasteiger partial charge in [0.2, 0.25) is 5.95 Å². The van der Waals surface area contributed by atoms with Gasteiger partial charge < -0.3 is 20.3 Å². The predicted molar refractivity (Wildman–Crippen MR) is 123 cm³/mol. The molecule has 7 heteroatoms. The molecule has 0 radical (unpaired) electrons. The van der Waals surface area contributed by atoms with Gasteiger partial charge in [0.15, 0.2) is 0 Å². The molecule has 2 aromatic carbocycles. The molecule has 0 spiro atoms. The maximum absolute atomic E-state index is 12.6. The molecule has 0 bridgehead atoms. The number of hydrogen-bond donors (Lipinski definition) is 2. The minimum atomic E-state index is -0.0287. The summed E-state index contributed by atoms with van der Waals surface area (Å²) in [5, 5.41) is 6.20. The van der Waals surface area contributed by atoms with Crippen LogP contribution in [0, 0.1) is 0 Å². The number of anilines is 3. The number of benzene rings is 2. The maximum atomic E-state index is 12.6. The summed E-state index contributed by atoms with van der Waals surface area (Å²) in [6, 6.07) is 13.5. The lowest BCUT2D eigenvalue weighted by Crippen LogP contribution is -2.22. The summed E-state index contributed by atoms with van der Waals surface area (Å²) in [7, 11) is 3.67. The summed E-state index contributed by atoms with van der Waals surface area (Å²) in [6.07, 6.45) is 3.92. The van der Waals surface area contributed by atoms with Crippen LogP contribution in [-0.2, 0) is 6.54 Å². The Kier molecular flexibility index (Phi) is 6.02. The van der Waals surface area contributed by atoms with Crippen molar-refractivity contribution in [1.82, 2.24) is 15.3 Å². The first kappa shape index (κ1) is 20.7. The number of methoxy groups -OCH3 is 1. The van der Waals surface area contributed by atoms with Crippen LogP contribution in [0.25, 0.3) is 11.3 Å². The average Bonchev–Trinajstić information content (AvgIpc) is 3.19. The van der Waals surface area contributed by atoms with Crippen molar-refractivity contribution in [1.29, 1.82) is 0 Å². The lowest BCUT2D eigenvalue weighted by atomic mass is 9.98.